The monoisotopic (exact) mass is 1330 g/mol. The van der Waals surface area contributed by atoms with Crippen LogP contribution in [0.4, 0.5) is 0 Å². The van der Waals surface area contributed by atoms with Crippen molar-refractivity contribution in [2.24, 2.45) is 0 Å². The van der Waals surface area contributed by atoms with Crippen molar-refractivity contribution in [3.63, 3.8) is 0 Å². The molecule has 40 heteroatoms. The summed E-state index contributed by atoms with van der Waals surface area (Å²) in [4.78, 5) is 49.6. The molecule has 7 aliphatic heterocycles. The Morgan fingerprint density at radius 2 is 0.611 bits per heavy atom. The first-order valence-electron chi connectivity index (χ1n) is 28.6. The van der Waals surface area contributed by atoms with Gasteiger partial charge in [0.2, 0.25) is 23.6 Å². The molecule has 22 N–H and O–H groups in total. The molecule has 0 bridgehead atoms. The second-order valence-electron chi connectivity index (χ2n) is 22.5. The summed E-state index contributed by atoms with van der Waals surface area (Å²) < 4.78 is 77.2. The van der Waals surface area contributed by atoms with Gasteiger partial charge in [-0.25, -0.2) is 0 Å². The Kier molecular flexibility index (Phi) is 27.0. The van der Waals surface area contributed by atoms with Gasteiger partial charge in [0.05, 0.1) is 52.3 Å². The molecule has 90 heavy (non-hydrogen) atoms. The van der Waals surface area contributed by atoms with Crippen molar-refractivity contribution in [2.75, 3.05) is 46.2 Å². The van der Waals surface area contributed by atoms with Crippen LogP contribution in [0.2, 0.25) is 0 Å². The average molecular weight is 1330 g/mol. The van der Waals surface area contributed by atoms with Crippen LogP contribution in [-0.2, 0) is 80.8 Å². The van der Waals surface area contributed by atoms with Crippen LogP contribution in [0.25, 0.3) is 0 Å². The maximum Gasteiger partial charge on any atom is 0.217 e. The van der Waals surface area contributed by atoms with E-state index in [0.29, 0.717) is 0 Å². The molecule has 7 fully saturated rings. The maximum absolute atomic E-state index is 12.8. The van der Waals surface area contributed by atoms with Crippen LogP contribution in [0.15, 0.2) is 0 Å². The second-order valence-corrected chi connectivity index (χ2v) is 23.1. The summed E-state index contributed by atoms with van der Waals surface area (Å²) in [6, 6.07) is -6.48. The lowest BCUT2D eigenvalue weighted by Gasteiger charge is -2.51. The number of aliphatic hydroxyl groups excluding tert-OH is 18. The number of nitrogens with one attached hydrogen (secondary N) is 4. The number of aliphatic hydroxyl groups is 18. The highest BCUT2D eigenvalue weighted by Gasteiger charge is 2.59. The van der Waals surface area contributed by atoms with Crippen molar-refractivity contribution >= 4 is 36.3 Å². The summed E-state index contributed by atoms with van der Waals surface area (Å²) in [7, 11) is 0. The zero-order chi connectivity index (χ0) is 66.5. The fraction of sp³-hybridized carbons (Fsp3) is 0.920. The van der Waals surface area contributed by atoms with Gasteiger partial charge >= 0.3 is 0 Å². The smallest absolute Gasteiger partial charge is 0.217 e. The predicted molar refractivity (Wildman–Crippen MR) is 285 cm³/mol. The zero-order valence-corrected chi connectivity index (χ0v) is 49.5. The Balaban J connectivity index is 1.25. The summed E-state index contributed by atoms with van der Waals surface area (Å²) in [5, 5.41) is 208. The van der Waals surface area contributed by atoms with Crippen molar-refractivity contribution < 1.29 is 173 Å². The molecule has 7 heterocycles. The highest BCUT2D eigenvalue weighted by Crippen LogP contribution is 2.38. The number of amides is 4. The molecule has 39 nitrogen and oxygen atoms in total. The molecule has 0 aromatic heterocycles. The minimum atomic E-state index is -2.43. The Bertz CT molecular complexity index is 2320. The van der Waals surface area contributed by atoms with Gasteiger partial charge in [-0.2, -0.15) is 0 Å². The third-order valence-corrected chi connectivity index (χ3v) is 16.6. The molecule has 7 rings (SSSR count). The highest BCUT2D eigenvalue weighted by molar-refractivity contribution is 7.80. The van der Waals surface area contributed by atoms with Gasteiger partial charge in [0.15, 0.2) is 37.7 Å². The third-order valence-electron chi connectivity index (χ3n) is 16.1. The lowest BCUT2D eigenvalue weighted by atomic mass is 9.94. The minimum absolute atomic E-state index is 0.640. The molecular weight excluding hydrogens is 1250 g/mol. The Hall–Kier alpha value is -3.01. The van der Waals surface area contributed by atoms with Crippen LogP contribution in [0, 0.1) is 0 Å². The Morgan fingerprint density at radius 1 is 0.311 bits per heavy atom. The molecule has 7 aliphatic rings. The van der Waals surface area contributed by atoms with Crippen molar-refractivity contribution in [1.29, 1.82) is 0 Å². The Morgan fingerprint density at radius 3 is 1.03 bits per heavy atom. The third kappa shape index (κ3) is 16.6. The summed E-state index contributed by atoms with van der Waals surface area (Å²) in [6.07, 6.45) is -59.1. The van der Waals surface area contributed by atoms with Crippen molar-refractivity contribution in [3.05, 3.63) is 0 Å². The van der Waals surface area contributed by atoms with E-state index in [0.717, 1.165) is 27.7 Å². The first kappa shape index (κ1) is 74.4. The molecule has 4 amide bonds. The van der Waals surface area contributed by atoms with Crippen molar-refractivity contribution in [3.8, 4) is 0 Å². The van der Waals surface area contributed by atoms with Gasteiger partial charge in [0, 0.05) is 27.7 Å². The number of thiol groups is 1. The van der Waals surface area contributed by atoms with Crippen LogP contribution in [0.3, 0.4) is 0 Å². The average Bonchev–Trinajstić information content (AvgIpc) is 0.912. The van der Waals surface area contributed by atoms with Crippen LogP contribution >= 0.6 is 12.6 Å². The van der Waals surface area contributed by atoms with E-state index in [-0.39, 0.29) is 0 Å². The number of ether oxygens (including phenoxy) is 13. The second kappa shape index (κ2) is 32.6. The quantitative estimate of drug-likeness (QED) is 0.0422. The van der Waals surface area contributed by atoms with E-state index in [4.69, 9.17) is 61.6 Å². The van der Waals surface area contributed by atoms with Crippen molar-refractivity contribution in [2.45, 2.75) is 242 Å². The van der Waals surface area contributed by atoms with E-state index in [1.54, 1.807) is 0 Å². The molecule has 0 aliphatic carbocycles. The normalized spacial score (nSPS) is 47.6. The zero-order valence-electron chi connectivity index (χ0n) is 48.6. The van der Waals surface area contributed by atoms with Crippen LogP contribution in [0.5, 0.6) is 0 Å². The molecule has 0 aromatic carbocycles. The SMILES string of the molecule is CC(=O)NC1C(S)OC(CO)C(OC2OC(CO)C(OC3OC(COC4OC(CO)C(O)C(O)C4OC4OC(CO)C(O)C(O)C4NC(C)=O)C(O)C(OC4OC(CO)C(O)C(O)C4OC4OC(CO)C(O)C(O)C4NC(C)=O)C3O)C(O)C2NC(C)=O)C1O. The summed E-state index contributed by atoms with van der Waals surface area (Å²) >= 11 is 4.26. The van der Waals surface area contributed by atoms with Crippen LogP contribution < -0.4 is 21.3 Å². The molecular formula is C50H84N4O35S. The molecule has 7 saturated heterocycles. The highest BCUT2D eigenvalue weighted by atomic mass is 32.1. The van der Waals surface area contributed by atoms with E-state index in [9.17, 15) is 111 Å². The van der Waals surface area contributed by atoms with Gasteiger partial charge in [0.1, 0.15) is 170 Å². The summed E-state index contributed by atoms with van der Waals surface area (Å²) in [6.45, 7) is -2.85. The van der Waals surface area contributed by atoms with Crippen molar-refractivity contribution in [1.82, 2.24) is 21.3 Å². The molecule has 0 spiro atoms. The van der Waals surface area contributed by atoms with Gasteiger partial charge in [-0.1, -0.05) is 0 Å². The number of rotatable bonds is 23. The molecule has 35 unspecified atom stereocenters. The number of hydrogen-bond donors (Lipinski definition) is 23. The molecule has 35 atom stereocenters. The van der Waals surface area contributed by atoms with Gasteiger partial charge in [-0.15, -0.1) is 12.6 Å². The Labute approximate surface area is 516 Å². The van der Waals surface area contributed by atoms with Gasteiger partial charge in [-0.05, 0) is 0 Å². The lowest BCUT2D eigenvalue weighted by molar-refractivity contribution is -0.395. The van der Waals surface area contributed by atoms with E-state index >= 15 is 0 Å². The van der Waals surface area contributed by atoms with E-state index in [1.807, 2.05) is 0 Å². The molecule has 0 aromatic rings. The van der Waals surface area contributed by atoms with Gasteiger partial charge < -0.3 is 175 Å². The summed E-state index contributed by atoms with van der Waals surface area (Å²) in [5.41, 5.74) is -1.21. The molecule has 0 radical (unpaired) electrons. The lowest BCUT2D eigenvalue weighted by Crippen LogP contribution is -2.70. The van der Waals surface area contributed by atoms with Gasteiger partial charge in [-0.3, -0.25) is 19.2 Å². The number of hydrogen-bond acceptors (Lipinski definition) is 36. The maximum atomic E-state index is 12.8. The van der Waals surface area contributed by atoms with Gasteiger partial charge in [0.25, 0.3) is 0 Å². The fourth-order valence-electron chi connectivity index (χ4n) is 11.5. The number of carbonyl (C=O) groups excluding carboxylic acids is 4. The van der Waals surface area contributed by atoms with Crippen LogP contribution in [0.1, 0.15) is 27.7 Å². The van der Waals surface area contributed by atoms with Crippen LogP contribution in [-0.4, -0.2) is 376 Å². The molecule has 0 saturated carbocycles. The number of carbonyl (C=O) groups is 4. The minimum Gasteiger partial charge on any atom is -0.394 e. The topological polar surface area (TPSA) is 601 Å². The largest absolute Gasteiger partial charge is 0.394 e. The predicted octanol–water partition coefficient (Wildman–Crippen LogP) is -14.8. The van der Waals surface area contributed by atoms with E-state index in [1.165, 1.54) is 0 Å². The van der Waals surface area contributed by atoms with E-state index < -0.39 is 284 Å². The first-order valence-corrected chi connectivity index (χ1v) is 29.1. The fourth-order valence-corrected chi connectivity index (χ4v) is 11.9. The standard InChI is InChI=1S/C50H84N4O35S/c1-12(61)51-23-32(70)27(65)16(5-55)78-44(23)88-42-36(74)29(67)18(7-57)80-48(42)77-11-22-31(69)41(87-49-43(37(75)30(68)19(8-58)81-49)89-45-24(52-13(2)62)33(71)28(66)17(6-56)79-45)38(76)47(83-22)86-39-20(9-59)82-46(25(34(39)72)53-14(3)63)85-40-21(10-60)84-50(90)26(35(40)73)54-15(4)64/h16-50,55-60,65-76,90H,5-11H2,1-4H3,(H,51,61)(H,52,62)(H,53,63)(H,54,64). The molecule has 520 valence electrons. The summed E-state index contributed by atoms with van der Waals surface area (Å²) in [5.74, 6) is -3.13. The first-order chi connectivity index (χ1) is 42.5. The van der Waals surface area contributed by atoms with E-state index in [2.05, 4.69) is 33.9 Å².